The van der Waals surface area contributed by atoms with E-state index >= 15 is 0 Å². The number of hydrogen-bond donors (Lipinski definition) is 1. The van der Waals surface area contributed by atoms with Gasteiger partial charge in [-0.2, -0.15) is 0 Å². The molecule has 1 N–H and O–H groups in total. The average Bonchev–Trinajstić information content (AvgIpc) is 2.55. The molecule has 4 heteroatoms. The van der Waals surface area contributed by atoms with Crippen molar-refractivity contribution < 1.29 is 4.79 Å². The van der Waals surface area contributed by atoms with E-state index in [-0.39, 0.29) is 5.91 Å². The molecule has 2 aliphatic rings. The second kappa shape index (κ2) is 6.58. The van der Waals surface area contributed by atoms with Crippen molar-refractivity contribution in [3.05, 3.63) is 35.4 Å². The van der Waals surface area contributed by atoms with Crippen LogP contribution in [-0.2, 0) is 17.8 Å². The summed E-state index contributed by atoms with van der Waals surface area (Å²) in [4.78, 5) is 16.8. The van der Waals surface area contributed by atoms with E-state index in [1.165, 1.54) is 11.1 Å². The number of likely N-dealkylation sites (tertiary alicyclic amines) is 1. The molecule has 0 unspecified atom stereocenters. The molecule has 1 aromatic carbocycles. The minimum Gasteiger partial charge on any atom is -0.337 e. The van der Waals surface area contributed by atoms with E-state index in [4.69, 9.17) is 0 Å². The first kappa shape index (κ1) is 14.5. The molecular weight excluding hydrogens is 262 g/mol. The Morgan fingerprint density at radius 3 is 2.62 bits per heavy atom. The van der Waals surface area contributed by atoms with Crippen molar-refractivity contribution in [3.63, 3.8) is 0 Å². The van der Waals surface area contributed by atoms with E-state index in [2.05, 4.69) is 34.5 Å². The molecule has 1 amide bonds. The van der Waals surface area contributed by atoms with Gasteiger partial charge in [0.2, 0.25) is 5.91 Å². The summed E-state index contributed by atoms with van der Waals surface area (Å²) in [5.74, 6) is 0.285. The Labute approximate surface area is 127 Å². The molecule has 3 rings (SSSR count). The maximum Gasteiger partial charge on any atom is 0.237 e. The molecule has 0 spiro atoms. The molecule has 0 radical (unpaired) electrons. The van der Waals surface area contributed by atoms with Crippen LogP contribution in [0.3, 0.4) is 0 Å². The van der Waals surface area contributed by atoms with Gasteiger partial charge in [0.1, 0.15) is 0 Å². The lowest BCUT2D eigenvalue weighted by Crippen LogP contribution is -2.47. The fourth-order valence-corrected chi connectivity index (χ4v) is 3.38. The summed E-state index contributed by atoms with van der Waals surface area (Å²) < 4.78 is 0. The predicted octanol–water partition coefficient (Wildman–Crippen LogP) is 1.26. The quantitative estimate of drug-likeness (QED) is 0.909. The summed E-state index contributed by atoms with van der Waals surface area (Å²) in [6, 6.07) is 9.10. The SMILES string of the molecule is CNC1CCN(CC(=O)N2CCc3ccccc3C2)CC1. The van der Waals surface area contributed by atoms with Crippen molar-refractivity contribution in [2.24, 2.45) is 0 Å². The van der Waals surface area contributed by atoms with Crippen LogP contribution in [0.1, 0.15) is 24.0 Å². The molecule has 0 saturated carbocycles. The third kappa shape index (κ3) is 3.44. The number of fused-ring (bicyclic) bond motifs is 1. The minimum atomic E-state index is 0.285. The molecule has 0 aromatic heterocycles. The van der Waals surface area contributed by atoms with Crippen molar-refractivity contribution >= 4 is 5.91 Å². The van der Waals surface area contributed by atoms with E-state index in [9.17, 15) is 4.79 Å². The molecule has 4 nitrogen and oxygen atoms in total. The summed E-state index contributed by atoms with van der Waals surface area (Å²) >= 11 is 0. The van der Waals surface area contributed by atoms with E-state index in [1.54, 1.807) is 0 Å². The number of nitrogens with one attached hydrogen (secondary N) is 1. The van der Waals surface area contributed by atoms with Gasteiger partial charge in [0.25, 0.3) is 0 Å². The summed E-state index contributed by atoms with van der Waals surface area (Å²) in [7, 11) is 2.02. The van der Waals surface area contributed by atoms with Crippen LogP contribution in [0.4, 0.5) is 0 Å². The minimum absolute atomic E-state index is 0.285. The Kier molecular flexibility index (Phi) is 4.56. The Morgan fingerprint density at radius 1 is 1.19 bits per heavy atom. The second-order valence-electron chi connectivity index (χ2n) is 6.17. The Hall–Kier alpha value is -1.39. The first-order valence-corrected chi connectivity index (χ1v) is 8.00. The number of rotatable bonds is 3. The van der Waals surface area contributed by atoms with E-state index < -0.39 is 0 Å². The highest BCUT2D eigenvalue weighted by Crippen LogP contribution is 2.19. The summed E-state index contributed by atoms with van der Waals surface area (Å²) in [5.41, 5.74) is 2.71. The monoisotopic (exact) mass is 287 g/mol. The third-order valence-electron chi connectivity index (χ3n) is 4.84. The summed E-state index contributed by atoms with van der Waals surface area (Å²) in [5, 5.41) is 3.33. The highest BCUT2D eigenvalue weighted by Gasteiger charge is 2.24. The van der Waals surface area contributed by atoms with Crippen molar-refractivity contribution in [2.45, 2.75) is 31.8 Å². The van der Waals surface area contributed by atoms with Gasteiger partial charge in [0, 0.05) is 32.2 Å². The maximum absolute atomic E-state index is 12.5. The molecule has 0 bridgehead atoms. The summed E-state index contributed by atoms with van der Waals surface area (Å²) in [6.45, 7) is 4.28. The van der Waals surface area contributed by atoms with E-state index in [0.29, 0.717) is 12.6 Å². The van der Waals surface area contributed by atoms with Crippen LogP contribution in [0.25, 0.3) is 0 Å². The fraction of sp³-hybridized carbons (Fsp3) is 0.588. The third-order valence-corrected chi connectivity index (χ3v) is 4.84. The van der Waals surface area contributed by atoms with Crippen molar-refractivity contribution in [2.75, 3.05) is 33.2 Å². The number of hydrogen-bond acceptors (Lipinski definition) is 3. The Morgan fingerprint density at radius 2 is 1.90 bits per heavy atom. The van der Waals surface area contributed by atoms with Crippen LogP contribution in [0.5, 0.6) is 0 Å². The van der Waals surface area contributed by atoms with Crippen molar-refractivity contribution in [1.29, 1.82) is 0 Å². The highest BCUT2D eigenvalue weighted by atomic mass is 16.2. The van der Waals surface area contributed by atoms with Gasteiger partial charge in [0.05, 0.1) is 6.54 Å². The zero-order valence-electron chi connectivity index (χ0n) is 12.8. The van der Waals surface area contributed by atoms with Gasteiger partial charge >= 0.3 is 0 Å². The molecular formula is C17H25N3O. The van der Waals surface area contributed by atoms with Gasteiger partial charge in [-0.25, -0.2) is 0 Å². The molecule has 21 heavy (non-hydrogen) atoms. The van der Waals surface area contributed by atoms with Gasteiger partial charge < -0.3 is 10.2 Å². The molecule has 0 aliphatic carbocycles. The number of benzene rings is 1. The van der Waals surface area contributed by atoms with Gasteiger partial charge in [-0.3, -0.25) is 9.69 Å². The van der Waals surface area contributed by atoms with Crippen LogP contribution in [-0.4, -0.2) is 55.0 Å². The van der Waals surface area contributed by atoms with Crippen molar-refractivity contribution in [3.8, 4) is 0 Å². The molecule has 114 valence electrons. The average molecular weight is 287 g/mol. The topological polar surface area (TPSA) is 35.6 Å². The lowest BCUT2D eigenvalue weighted by Gasteiger charge is -2.34. The number of carbonyl (C=O) groups is 1. The van der Waals surface area contributed by atoms with E-state index in [0.717, 1.165) is 45.4 Å². The van der Waals surface area contributed by atoms with Gasteiger partial charge in [-0.05, 0) is 37.4 Å². The summed E-state index contributed by atoms with van der Waals surface area (Å²) in [6.07, 6.45) is 3.28. The normalized spacial score (nSPS) is 20.3. The fourth-order valence-electron chi connectivity index (χ4n) is 3.38. The molecule has 1 saturated heterocycles. The van der Waals surface area contributed by atoms with Crippen LogP contribution < -0.4 is 5.32 Å². The Balaban J connectivity index is 1.53. The highest BCUT2D eigenvalue weighted by molar-refractivity contribution is 5.78. The number of nitrogens with zero attached hydrogens (tertiary/aromatic N) is 2. The van der Waals surface area contributed by atoms with Crippen LogP contribution in [0.2, 0.25) is 0 Å². The van der Waals surface area contributed by atoms with E-state index in [1.807, 2.05) is 11.9 Å². The van der Waals surface area contributed by atoms with Crippen LogP contribution in [0.15, 0.2) is 24.3 Å². The lowest BCUT2D eigenvalue weighted by molar-refractivity contribution is -0.133. The maximum atomic E-state index is 12.5. The molecule has 0 atom stereocenters. The molecule has 1 fully saturated rings. The second-order valence-corrected chi connectivity index (χ2v) is 6.17. The van der Waals surface area contributed by atoms with Crippen molar-refractivity contribution in [1.82, 2.24) is 15.1 Å². The number of amides is 1. The lowest BCUT2D eigenvalue weighted by atomic mass is 10.00. The predicted molar refractivity (Wildman–Crippen MR) is 84.1 cm³/mol. The van der Waals surface area contributed by atoms with Gasteiger partial charge in [-0.15, -0.1) is 0 Å². The Bertz CT molecular complexity index is 495. The molecule has 2 heterocycles. The van der Waals surface area contributed by atoms with Crippen LogP contribution >= 0.6 is 0 Å². The van der Waals surface area contributed by atoms with Crippen LogP contribution in [0, 0.1) is 0 Å². The molecule has 1 aromatic rings. The molecule has 2 aliphatic heterocycles. The zero-order valence-corrected chi connectivity index (χ0v) is 12.8. The first-order chi connectivity index (χ1) is 10.3. The first-order valence-electron chi connectivity index (χ1n) is 8.00. The van der Waals surface area contributed by atoms with Gasteiger partial charge in [0.15, 0.2) is 0 Å². The smallest absolute Gasteiger partial charge is 0.237 e. The number of piperidine rings is 1. The zero-order chi connectivity index (χ0) is 14.7. The number of carbonyl (C=O) groups excluding carboxylic acids is 1. The van der Waals surface area contributed by atoms with Gasteiger partial charge in [-0.1, -0.05) is 24.3 Å². The largest absolute Gasteiger partial charge is 0.337 e. The standard InChI is InChI=1S/C17H25N3O/c1-18-16-7-9-19(10-8-16)13-17(21)20-11-6-14-4-2-3-5-15(14)12-20/h2-5,16,18H,6-13H2,1H3.